The van der Waals surface area contributed by atoms with Crippen LogP contribution in [0.25, 0.3) is 10.2 Å². The number of methoxy groups -OCH3 is 1. The van der Waals surface area contributed by atoms with Crippen molar-refractivity contribution < 1.29 is 14.3 Å². The Kier molecular flexibility index (Phi) is 5.32. The van der Waals surface area contributed by atoms with E-state index in [1.165, 1.54) is 11.3 Å². The lowest BCUT2D eigenvalue weighted by Gasteiger charge is -2.22. The lowest BCUT2D eigenvalue weighted by Crippen LogP contribution is -2.37. The summed E-state index contributed by atoms with van der Waals surface area (Å²) in [5.74, 6) is 0.555. The van der Waals surface area contributed by atoms with Gasteiger partial charge in [0.05, 0.1) is 24.5 Å². The van der Waals surface area contributed by atoms with Crippen molar-refractivity contribution >= 4 is 32.6 Å². The molecule has 0 saturated carbocycles. The number of nitrogens with zero attached hydrogens (tertiary/aromatic N) is 4. The molecule has 0 radical (unpaired) electrons. The molecule has 2 aromatic heterocycles. The van der Waals surface area contributed by atoms with E-state index >= 15 is 0 Å². The van der Waals surface area contributed by atoms with Gasteiger partial charge in [0, 0.05) is 18.8 Å². The van der Waals surface area contributed by atoms with E-state index < -0.39 is 0 Å². The fourth-order valence-electron chi connectivity index (χ4n) is 3.50. The smallest absolute Gasteiger partial charge is 0.280 e. The summed E-state index contributed by atoms with van der Waals surface area (Å²) in [5.41, 5.74) is 2.17. The molecular weight excluding hydrogens is 376 g/mol. The largest absolute Gasteiger partial charge is 0.494 e. The van der Waals surface area contributed by atoms with Crippen LogP contribution in [-0.2, 0) is 11.3 Å². The minimum absolute atomic E-state index is 0.0206. The number of rotatable bonds is 6. The van der Waals surface area contributed by atoms with Crippen LogP contribution in [0.4, 0.5) is 5.13 Å². The molecule has 1 atom stereocenters. The number of aryl methyl sites for hydroxylation is 2. The van der Waals surface area contributed by atoms with Crippen molar-refractivity contribution in [3.8, 4) is 5.75 Å². The molecule has 0 spiro atoms. The molecule has 28 heavy (non-hydrogen) atoms. The SMILES string of the molecule is CCn1nc(C(=O)N(CC2CCCO2)c2nc3c(OC)cccc3s2)cc1C. The van der Waals surface area contributed by atoms with Crippen LogP contribution in [0, 0.1) is 6.92 Å². The summed E-state index contributed by atoms with van der Waals surface area (Å²) in [5, 5.41) is 5.12. The fourth-order valence-corrected chi connectivity index (χ4v) is 4.50. The lowest BCUT2D eigenvalue weighted by molar-refractivity contribution is 0.0912. The third kappa shape index (κ3) is 3.49. The fraction of sp³-hybridized carbons (Fsp3) is 0.450. The van der Waals surface area contributed by atoms with Crippen molar-refractivity contribution in [2.75, 3.05) is 25.2 Å². The zero-order chi connectivity index (χ0) is 19.7. The highest BCUT2D eigenvalue weighted by atomic mass is 32.1. The van der Waals surface area contributed by atoms with Crippen LogP contribution in [0.1, 0.15) is 35.9 Å². The lowest BCUT2D eigenvalue weighted by atomic mass is 10.2. The van der Waals surface area contributed by atoms with Gasteiger partial charge in [-0.1, -0.05) is 17.4 Å². The summed E-state index contributed by atoms with van der Waals surface area (Å²) in [7, 11) is 1.63. The van der Waals surface area contributed by atoms with Crippen molar-refractivity contribution in [2.45, 2.75) is 39.3 Å². The number of aromatic nitrogens is 3. The molecule has 1 saturated heterocycles. The van der Waals surface area contributed by atoms with E-state index in [9.17, 15) is 4.79 Å². The first kappa shape index (κ1) is 18.9. The highest BCUT2D eigenvalue weighted by Gasteiger charge is 2.29. The van der Waals surface area contributed by atoms with Gasteiger partial charge >= 0.3 is 0 Å². The maximum absolute atomic E-state index is 13.4. The second kappa shape index (κ2) is 7.89. The van der Waals surface area contributed by atoms with Gasteiger partial charge in [-0.15, -0.1) is 0 Å². The molecule has 7 nitrogen and oxygen atoms in total. The van der Waals surface area contributed by atoms with Gasteiger partial charge in [-0.05, 0) is 44.9 Å². The molecule has 1 aliphatic rings. The van der Waals surface area contributed by atoms with E-state index in [2.05, 4.69) is 5.10 Å². The third-order valence-corrected chi connectivity index (χ3v) is 6.02. The topological polar surface area (TPSA) is 69.5 Å². The molecule has 148 valence electrons. The van der Waals surface area contributed by atoms with Crippen LogP contribution < -0.4 is 9.64 Å². The normalized spacial score (nSPS) is 16.6. The molecule has 4 rings (SSSR count). The van der Waals surface area contributed by atoms with Crippen molar-refractivity contribution in [3.63, 3.8) is 0 Å². The number of hydrogen-bond acceptors (Lipinski definition) is 6. The zero-order valence-electron chi connectivity index (χ0n) is 16.3. The molecule has 1 aromatic carbocycles. The van der Waals surface area contributed by atoms with Crippen molar-refractivity contribution in [3.05, 3.63) is 35.7 Å². The van der Waals surface area contributed by atoms with E-state index in [-0.39, 0.29) is 12.0 Å². The van der Waals surface area contributed by atoms with Gasteiger partial charge < -0.3 is 9.47 Å². The maximum Gasteiger partial charge on any atom is 0.280 e. The highest BCUT2D eigenvalue weighted by Crippen LogP contribution is 2.35. The number of amides is 1. The maximum atomic E-state index is 13.4. The summed E-state index contributed by atoms with van der Waals surface area (Å²) in [6.07, 6.45) is 1.98. The van der Waals surface area contributed by atoms with Gasteiger partial charge in [0.1, 0.15) is 11.3 Å². The molecule has 1 unspecified atom stereocenters. The number of benzene rings is 1. The van der Waals surface area contributed by atoms with Crippen molar-refractivity contribution in [1.82, 2.24) is 14.8 Å². The highest BCUT2D eigenvalue weighted by molar-refractivity contribution is 7.22. The molecule has 3 heterocycles. The number of ether oxygens (including phenoxy) is 2. The number of fused-ring (bicyclic) bond motifs is 1. The summed E-state index contributed by atoms with van der Waals surface area (Å²) in [6, 6.07) is 7.64. The second-order valence-corrected chi connectivity index (χ2v) is 7.85. The van der Waals surface area contributed by atoms with Gasteiger partial charge in [0.2, 0.25) is 0 Å². The third-order valence-electron chi connectivity index (χ3n) is 4.98. The number of carbonyl (C=O) groups is 1. The standard InChI is InChI=1S/C20H24N4O3S/c1-4-24-13(2)11-15(22-24)19(25)23(12-14-7-6-10-27-14)20-21-18-16(26-3)8-5-9-17(18)28-20/h5,8-9,11,14H,4,6-7,10,12H2,1-3H3. The molecule has 1 aliphatic heterocycles. The number of para-hydroxylation sites is 1. The van der Waals surface area contributed by atoms with E-state index in [0.29, 0.717) is 23.1 Å². The van der Waals surface area contributed by atoms with Crippen molar-refractivity contribution in [1.29, 1.82) is 0 Å². The summed E-state index contributed by atoms with van der Waals surface area (Å²) in [4.78, 5) is 19.8. The molecule has 3 aromatic rings. The van der Waals surface area contributed by atoms with Crippen LogP contribution in [0.5, 0.6) is 5.75 Å². The first-order valence-electron chi connectivity index (χ1n) is 9.52. The molecule has 8 heteroatoms. The quantitative estimate of drug-likeness (QED) is 0.632. The second-order valence-electron chi connectivity index (χ2n) is 6.84. The van der Waals surface area contributed by atoms with E-state index in [4.69, 9.17) is 14.5 Å². The van der Waals surface area contributed by atoms with Crippen LogP contribution in [-0.4, -0.2) is 47.0 Å². The Hall–Kier alpha value is -2.45. The molecule has 0 N–H and O–H groups in total. The average Bonchev–Trinajstić information content (AvgIpc) is 3.44. The first-order chi connectivity index (χ1) is 13.6. The summed E-state index contributed by atoms with van der Waals surface area (Å²) < 4.78 is 14.0. The summed E-state index contributed by atoms with van der Waals surface area (Å²) in [6.45, 7) is 5.91. The van der Waals surface area contributed by atoms with Crippen LogP contribution in [0.3, 0.4) is 0 Å². The van der Waals surface area contributed by atoms with E-state index in [0.717, 1.165) is 41.9 Å². The van der Waals surface area contributed by atoms with E-state index in [1.54, 1.807) is 12.0 Å². The van der Waals surface area contributed by atoms with Crippen molar-refractivity contribution in [2.24, 2.45) is 0 Å². The monoisotopic (exact) mass is 400 g/mol. The van der Waals surface area contributed by atoms with Crippen LogP contribution in [0.2, 0.25) is 0 Å². The number of anilines is 1. The number of thiazole rings is 1. The van der Waals surface area contributed by atoms with Gasteiger partial charge in [0.25, 0.3) is 5.91 Å². The number of hydrogen-bond donors (Lipinski definition) is 0. The average molecular weight is 401 g/mol. The van der Waals surface area contributed by atoms with Gasteiger partial charge in [-0.25, -0.2) is 4.98 Å². The Morgan fingerprint density at radius 2 is 2.32 bits per heavy atom. The molecule has 0 aliphatic carbocycles. The Labute approximate surface area is 167 Å². The minimum atomic E-state index is -0.149. The zero-order valence-corrected chi connectivity index (χ0v) is 17.2. The van der Waals surface area contributed by atoms with Gasteiger partial charge in [0.15, 0.2) is 10.8 Å². The first-order valence-corrected chi connectivity index (χ1v) is 10.3. The van der Waals surface area contributed by atoms with Gasteiger partial charge in [-0.3, -0.25) is 14.4 Å². The predicted octanol–water partition coefficient (Wildman–Crippen LogP) is 3.66. The Morgan fingerprint density at radius 3 is 3.00 bits per heavy atom. The van der Waals surface area contributed by atoms with Gasteiger partial charge in [-0.2, -0.15) is 5.10 Å². The molecular formula is C20H24N4O3S. The molecule has 0 bridgehead atoms. The molecule has 1 fully saturated rings. The Morgan fingerprint density at radius 1 is 1.46 bits per heavy atom. The Bertz CT molecular complexity index is 991. The summed E-state index contributed by atoms with van der Waals surface area (Å²) >= 11 is 1.48. The van der Waals surface area contributed by atoms with Crippen LogP contribution >= 0.6 is 11.3 Å². The minimum Gasteiger partial charge on any atom is -0.494 e. The predicted molar refractivity (Wildman–Crippen MR) is 109 cm³/mol. The molecule has 1 amide bonds. The number of carbonyl (C=O) groups excluding carboxylic acids is 1. The van der Waals surface area contributed by atoms with E-state index in [1.807, 2.05) is 42.8 Å². The Balaban J connectivity index is 1.73. The van der Waals surface area contributed by atoms with Crippen LogP contribution in [0.15, 0.2) is 24.3 Å².